The summed E-state index contributed by atoms with van der Waals surface area (Å²) in [4.78, 5) is 0. The van der Waals surface area contributed by atoms with Gasteiger partial charge in [0.15, 0.2) is 11.8 Å². The van der Waals surface area contributed by atoms with Crippen LogP contribution in [0, 0.1) is 0 Å². The van der Waals surface area contributed by atoms with E-state index in [2.05, 4.69) is 11.6 Å². The molecule has 1 nitrogen and oxygen atoms in total. The summed E-state index contributed by atoms with van der Waals surface area (Å²) in [7, 11) is 4.06. The zero-order chi connectivity index (χ0) is 5.86. The minimum atomic E-state index is -0.221. The normalized spacial score (nSPS) is 12.3. The van der Waals surface area contributed by atoms with Crippen molar-refractivity contribution in [1.29, 1.82) is 0 Å². The molecule has 3 heteroatoms. The predicted molar refractivity (Wildman–Crippen MR) is 38.5 cm³/mol. The topological polar surface area (TPSA) is 3.24 Å². The third kappa shape index (κ3) is 3.10. The molecule has 0 aliphatic rings. The molecule has 0 aromatic heterocycles. The first kappa shape index (κ1) is 7.48. The highest BCUT2D eigenvalue weighted by Crippen LogP contribution is 2.20. The van der Waals surface area contributed by atoms with Gasteiger partial charge in [0.1, 0.15) is 6.16 Å². The summed E-state index contributed by atoms with van der Waals surface area (Å²) in [6.07, 6.45) is 1.12. The molecule has 0 fully saturated rings. The van der Waals surface area contributed by atoms with Crippen LogP contribution in [0.1, 0.15) is 6.92 Å². The van der Waals surface area contributed by atoms with E-state index in [4.69, 9.17) is 11.8 Å². The van der Waals surface area contributed by atoms with Crippen LogP contribution in [0.5, 0.6) is 0 Å². The fourth-order valence-corrected chi connectivity index (χ4v) is 0.849. The number of hydrogen-bond donors (Lipinski definition) is 0. The van der Waals surface area contributed by atoms with E-state index in [0.29, 0.717) is 0 Å². The Morgan fingerprint density at radius 3 is 2.00 bits per heavy atom. The van der Waals surface area contributed by atoms with Crippen LogP contribution < -0.4 is 0 Å². The van der Waals surface area contributed by atoms with E-state index in [9.17, 15) is 0 Å². The van der Waals surface area contributed by atoms with Crippen LogP contribution in [-0.4, -0.2) is 24.9 Å². The van der Waals surface area contributed by atoms with Crippen LogP contribution >= 0.6 is 6.85 Å². The van der Waals surface area contributed by atoms with Crippen molar-refractivity contribution in [1.82, 2.24) is 4.67 Å². The predicted octanol–water partition coefficient (Wildman–Crippen LogP) is 1.43. The molecule has 0 saturated carbocycles. The lowest BCUT2D eigenvalue weighted by Gasteiger charge is -1.92. The van der Waals surface area contributed by atoms with Gasteiger partial charge in [0.05, 0.1) is 0 Å². The van der Waals surface area contributed by atoms with Gasteiger partial charge in [0, 0.05) is 14.1 Å². The van der Waals surface area contributed by atoms with Crippen LogP contribution in [0.15, 0.2) is 0 Å². The molecule has 7 heavy (non-hydrogen) atoms. The van der Waals surface area contributed by atoms with Crippen molar-refractivity contribution in [2.24, 2.45) is 0 Å². The zero-order valence-corrected chi connectivity index (χ0v) is 6.72. The summed E-state index contributed by atoms with van der Waals surface area (Å²) < 4.78 is 2.10. The SMILES string of the molecule is CC[P+](=S)N(C)C. The third-order valence-electron chi connectivity index (χ3n) is 0.717. The van der Waals surface area contributed by atoms with Gasteiger partial charge >= 0.3 is 0 Å². The maximum absolute atomic E-state index is 5.05. The lowest BCUT2D eigenvalue weighted by atomic mass is 11.0. The van der Waals surface area contributed by atoms with E-state index in [1.807, 2.05) is 14.1 Å². The molecule has 0 amide bonds. The maximum atomic E-state index is 5.05. The van der Waals surface area contributed by atoms with Crippen molar-refractivity contribution in [2.45, 2.75) is 6.92 Å². The minimum Gasteiger partial charge on any atom is -0.127 e. The van der Waals surface area contributed by atoms with Gasteiger partial charge in [0.25, 0.3) is 6.85 Å². The molecule has 0 bridgehead atoms. The monoisotopic (exact) mass is 136 g/mol. The first-order valence-electron chi connectivity index (χ1n) is 2.30. The largest absolute Gasteiger partial charge is 0.265 e. The van der Waals surface area contributed by atoms with Crippen molar-refractivity contribution >= 4 is 18.7 Å². The Labute approximate surface area is 51.2 Å². The van der Waals surface area contributed by atoms with Gasteiger partial charge in [0.2, 0.25) is 0 Å². The molecule has 1 unspecified atom stereocenters. The summed E-state index contributed by atoms with van der Waals surface area (Å²) in [5.41, 5.74) is 0. The molecule has 0 saturated heterocycles. The highest BCUT2D eigenvalue weighted by molar-refractivity contribution is 8.04. The zero-order valence-electron chi connectivity index (χ0n) is 5.01. The molecule has 0 aliphatic carbocycles. The van der Waals surface area contributed by atoms with Gasteiger partial charge in [-0.2, -0.15) is 0 Å². The highest BCUT2D eigenvalue weighted by Gasteiger charge is 2.06. The van der Waals surface area contributed by atoms with E-state index < -0.39 is 0 Å². The van der Waals surface area contributed by atoms with Crippen molar-refractivity contribution in [3.8, 4) is 0 Å². The Morgan fingerprint density at radius 1 is 1.57 bits per heavy atom. The van der Waals surface area contributed by atoms with E-state index in [-0.39, 0.29) is 6.85 Å². The summed E-state index contributed by atoms with van der Waals surface area (Å²) in [5, 5.41) is 0. The Bertz CT molecular complexity index is 72.1. The lowest BCUT2D eigenvalue weighted by Crippen LogP contribution is -1.99. The standard InChI is InChI=1S/C4H11NPS/c1-4-6(7)5(2)3/h4H2,1-3H3/q+1. The molecule has 0 spiro atoms. The average Bonchev–Trinajstić information content (AvgIpc) is 1.65. The first-order valence-corrected chi connectivity index (χ1v) is 4.79. The molecule has 0 rings (SSSR count). The molecule has 42 valence electrons. The molecule has 0 N–H and O–H groups in total. The van der Waals surface area contributed by atoms with Crippen molar-refractivity contribution in [2.75, 3.05) is 20.3 Å². The van der Waals surface area contributed by atoms with E-state index in [1.54, 1.807) is 0 Å². The van der Waals surface area contributed by atoms with Gasteiger partial charge in [-0.3, -0.25) is 0 Å². The first-order chi connectivity index (χ1) is 3.18. The van der Waals surface area contributed by atoms with Crippen molar-refractivity contribution in [3.05, 3.63) is 0 Å². The van der Waals surface area contributed by atoms with E-state index in [1.165, 1.54) is 0 Å². The second-order valence-corrected chi connectivity index (χ2v) is 4.92. The summed E-state index contributed by atoms with van der Waals surface area (Å²) >= 11 is 5.05. The average molecular weight is 136 g/mol. The molecule has 0 radical (unpaired) electrons. The second kappa shape index (κ2) is 3.48. The number of hydrogen-bond acceptors (Lipinski definition) is 1. The Morgan fingerprint density at radius 2 is 2.00 bits per heavy atom. The molecular weight excluding hydrogens is 125 g/mol. The van der Waals surface area contributed by atoms with Crippen LogP contribution in [0.3, 0.4) is 0 Å². The van der Waals surface area contributed by atoms with Gasteiger partial charge in [-0.15, -0.1) is 4.67 Å². The Balaban J connectivity index is 3.35. The Hall–Kier alpha value is 0.480. The quantitative estimate of drug-likeness (QED) is 0.528. The van der Waals surface area contributed by atoms with Crippen LogP contribution in [-0.2, 0) is 11.8 Å². The summed E-state index contributed by atoms with van der Waals surface area (Å²) in [6.45, 7) is 1.90. The van der Waals surface area contributed by atoms with Gasteiger partial charge in [-0.25, -0.2) is 0 Å². The molecule has 1 atom stereocenters. The van der Waals surface area contributed by atoms with Crippen molar-refractivity contribution in [3.63, 3.8) is 0 Å². The smallest absolute Gasteiger partial charge is 0.127 e. The van der Waals surface area contributed by atoms with Gasteiger partial charge < -0.3 is 0 Å². The fraction of sp³-hybridized carbons (Fsp3) is 1.00. The van der Waals surface area contributed by atoms with Crippen LogP contribution in [0.25, 0.3) is 0 Å². The van der Waals surface area contributed by atoms with Gasteiger partial charge in [-0.05, 0) is 6.92 Å². The Kier molecular flexibility index (Phi) is 3.72. The van der Waals surface area contributed by atoms with E-state index in [0.717, 1.165) is 6.16 Å². The van der Waals surface area contributed by atoms with E-state index >= 15 is 0 Å². The summed E-state index contributed by atoms with van der Waals surface area (Å²) in [6, 6.07) is 0. The maximum Gasteiger partial charge on any atom is 0.265 e. The highest BCUT2D eigenvalue weighted by atomic mass is 32.4. The van der Waals surface area contributed by atoms with Crippen LogP contribution in [0.4, 0.5) is 0 Å². The minimum absolute atomic E-state index is 0.221. The fourth-order valence-electron chi connectivity index (χ4n) is 0.283. The molecule has 0 aromatic rings. The molecule has 0 heterocycles. The molecular formula is C4H11NPS+. The van der Waals surface area contributed by atoms with Crippen LogP contribution in [0.2, 0.25) is 0 Å². The van der Waals surface area contributed by atoms with Crippen molar-refractivity contribution < 1.29 is 0 Å². The number of rotatable bonds is 2. The number of nitrogens with zero attached hydrogens (tertiary/aromatic N) is 1. The van der Waals surface area contributed by atoms with Gasteiger partial charge in [-0.1, -0.05) is 0 Å². The lowest BCUT2D eigenvalue weighted by molar-refractivity contribution is 0.689. The molecule has 0 aromatic carbocycles. The third-order valence-corrected chi connectivity index (χ3v) is 3.90. The molecule has 0 aliphatic heterocycles. The summed E-state index contributed by atoms with van der Waals surface area (Å²) in [5.74, 6) is 0. The second-order valence-electron chi connectivity index (χ2n) is 1.52.